The average molecular weight is 299 g/mol. The number of benzene rings is 1. The molecule has 0 aliphatic rings. The molecule has 2 aromatic rings. The largest absolute Gasteiger partial charge is 0.416 e. The van der Waals surface area contributed by atoms with Gasteiger partial charge in [-0.3, -0.25) is 4.79 Å². The maximum atomic E-state index is 12.6. The van der Waals surface area contributed by atoms with Crippen molar-refractivity contribution in [3.05, 3.63) is 47.1 Å². The van der Waals surface area contributed by atoms with Crippen LogP contribution in [-0.4, -0.2) is 16.0 Å². The Morgan fingerprint density at radius 2 is 2.10 bits per heavy atom. The van der Waals surface area contributed by atoms with E-state index in [9.17, 15) is 18.0 Å². The van der Waals surface area contributed by atoms with E-state index >= 15 is 0 Å². The molecule has 1 heterocycles. The fourth-order valence-electron chi connectivity index (χ4n) is 1.67. The van der Waals surface area contributed by atoms with E-state index in [2.05, 4.69) is 15.5 Å². The molecule has 8 heteroatoms. The quantitative estimate of drug-likeness (QED) is 0.946. The van der Waals surface area contributed by atoms with Crippen LogP contribution in [0, 0.1) is 6.92 Å². The molecule has 2 rings (SSSR count). The van der Waals surface area contributed by atoms with Crippen molar-refractivity contribution in [3.63, 3.8) is 0 Å². The number of nitrogens with one attached hydrogen (secondary N) is 1. The molecule has 0 bridgehead atoms. The van der Waals surface area contributed by atoms with Crippen LogP contribution in [0.25, 0.3) is 0 Å². The second-order valence-corrected chi connectivity index (χ2v) is 4.45. The summed E-state index contributed by atoms with van der Waals surface area (Å²) in [6, 6.07) is 3.58. The first-order chi connectivity index (χ1) is 9.77. The van der Waals surface area contributed by atoms with E-state index < -0.39 is 23.7 Å². The number of carbonyl (C=O) groups is 1. The Kier molecular flexibility index (Phi) is 3.97. The molecule has 0 spiro atoms. The summed E-state index contributed by atoms with van der Waals surface area (Å²) in [4.78, 5) is 15.9. The van der Waals surface area contributed by atoms with Crippen LogP contribution in [0.5, 0.6) is 0 Å². The van der Waals surface area contributed by atoms with Gasteiger partial charge in [-0.05, 0) is 32.0 Å². The molecule has 1 aromatic heterocycles. The highest BCUT2D eigenvalue weighted by molar-refractivity contribution is 5.94. The van der Waals surface area contributed by atoms with Crippen LogP contribution in [0.3, 0.4) is 0 Å². The van der Waals surface area contributed by atoms with Crippen LogP contribution in [0.4, 0.5) is 13.2 Å². The van der Waals surface area contributed by atoms with Crippen LogP contribution in [0.2, 0.25) is 0 Å². The predicted molar refractivity (Wildman–Crippen MR) is 66.4 cm³/mol. The third kappa shape index (κ3) is 3.59. The normalized spacial score (nSPS) is 13.0. The van der Waals surface area contributed by atoms with Crippen LogP contribution >= 0.6 is 0 Å². The third-order valence-corrected chi connectivity index (χ3v) is 2.71. The van der Waals surface area contributed by atoms with Gasteiger partial charge in [0.2, 0.25) is 5.89 Å². The van der Waals surface area contributed by atoms with Crippen molar-refractivity contribution < 1.29 is 22.5 Å². The Hall–Kier alpha value is -2.38. The van der Waals surface area contributed by atoms with Crippen LogP contribution < -0.4 is 5.32 Å². The van der Waals surface area contributed by atoms with Crippen molar-refractivity contribution in [1.29, 1.82) is 0 Å². The number of aromatic nitrogens is 2. The van der Waals surface area contributed by atoms with E-state index in [0.717, 1.165) is 12.1 Å². The highest BCUT2D eigenvalue weighted by Crippen LogP contribution is 2.29. The number of halogens is 3. The lowest BCUT2D eigenvalue weighted by molar-refractivity contribution is -0.137. The van der Waals surface area contributed by atoms with Gasteiger partial charge in [0.25, 0.3) is 5.91 Å². The van der Waals surface area contributed by atoms with Gasteiger partial charge in [-0.15, -0.1) is 0 Å². The Bertz CT molecular complexity index is 652. The number of hydrogen-bond donors (Lipinski definition) is 1. The Morgan fingerprint density at radius 1 is 1.38 bits per heavy atom. The number of alkyl halides is 3. The Balaban J connectivity index is 2.13. The first kappa shape index (κ1) is 15.0. The molecule has 5 nitrogen and oxygen atoms in total. The number of nitrogens with zero attached hydrogens (tertiary/aromatic N) is 2. The Labute approximate surface area is 118 Å². The Morgan fingerprint density at radius 3 is 2.67 bits per heavy atom. The maximum Gasteiger partial charge on any atom is 0.416 e. The third-order valence-electron chi connectivity index (χ3n) is 2.71. The molecule has 0 aliphatic carbocycles. The molecule has 0 fully saturated rings. The van der Waals surface area contributed by atoms with Crippen molar-refractivity contribution in [2.75, 3.05) is 0 Å². The van der Waals surface area contributed by atoms with Crippen molar-refractivity contribution in [2.24, 2.45) is 0 Å². The molecular weight excluding hydrogens is 287 g/mol. The predicted octanol–water partition coefficient (Wildman–Crippen LogP) is 2.89. The first-order valence-corrected chi connectivity index (χ1v) is 6.05. The van der Waals surface area contributed by atoms with Crippen molar-refractivity contribution >= 4 is 5.91 Å². The second kappa shape index (κ2) is 5.55. The molecule has 0 saturated carbocycles. The van der Waals surface area contributed by atoms with E-state index in [1.165, 1.54) is 12.1 Å². The van der Waals surface area contributed by atoms with Gasteiger partial charge < -0.3 is 9.84 Å². The van der Waals surface area contributed by atoms with E-state index in [4.69, 9.17) is 4.52 Å². The number of amides is 1. The van der Waals surface area contributed by atoms with Gasteiger partial charge in [0.15, 0.2) is 5.82 Å². The highest BCUT2D eigenvalue weighted by Gasteiger charge is 2.31. The zero-order valence-corrected chi connectivity index (χ0v) is 11.2. The van der Waals surface area contributed by atoms with Crippen LogP contribution in [-0.2, 0) is 6.18 Å². The number of aryl methyl sites for hydroxylation is 1. The zero-order chi connectivity index (χ0) is 15.6. The van der Waals surface area contributed by atoms with E-state index in [1.807, 2.05) is 0 Å². The molecule has 0 unspecified atom stereocenters. The standard InChI is InChI=1S/C13H12F3N3O2/c1-7(12-18-8(2)19-21-12)17-11(20)9-4-3-5-10(6-9)13(14,15)16/h3-7H,1-2H3,(H,17,20)/t7-/m0/s1. The lowest BCUT2D eigenvalue weighted by Gasteiger charge is -2.11. The van der Waals surface area contributed by atoms with E-state index in [-0.39, 0.29) is 11.5 Å². The fourth-order valence-corrected chi connectivity index (χ4v) is 1.67. The second-order valence-electron chi connectivity index (χ2n) is 4.45. The van der Waals surface area contributed by atoms with Crippen molar-refractivity contribution in [3.8, 4) is 0 Å². The van der Waals surface area contributed by atoms with Gasteiger partial charge >= 0.3 is 6.18 Å². The zero-order valence-electron chi connectivity index (χ0n) is 11.2. The monoisotopic (exact) mass is 299 g/mol. The topological polar surface area (TPSA) is 68.0 Å². The summed E-state index contributed by atoms with van der Waals surface area (Å²) in [5.74, 6) is -0.0533. The van der Waals surface area contributed by atoms with E-state index in [0.29, 0.717) is 5.82 Å². The minimum atomic E-state index is -4.49. The molecule has 1 aromatic carbocycles. The number of hydrogen-bond acceptors (Lipinski definition) is 4. The SMILES string of the molecule is Cc1noc([C@H](C)NC(=O)c2cccc(C(F)(F)F)c2)n1. The summed E-state index contributed by atoms with van der Waals surface area (Å²) >= 11 is 0. The summed E-state index contributed by atoms with van der Waals surface area (Å²) < 4.78 is 42.7. The number of carbonyl (C=O) groups excluding carboxylic acids is 1. The minimum absolute atomic E-state index is 0.0899. The maximum absolute atomic E-state index is 12.6. The molecule has 0 aliphatic heterocycles. The van der Waals surface area contributed by atoms with Gasteiger partial charge in [0.05, 0.1) is 5.56 Å². The van der Waals surface area contributed by atoms with Gasteiger partial charge in [-0.25, -0.2) is 0 Å². The molecular formula is C13H12F3N3O2. The molecule has 1 atom stereocenters. The molecule has 21 heavy (non-hydrogen) atoms. The van der Waals surface area contributed by atoms with Gasteiger partial charge in [0, 0.05) is 5.56 Å². The smallest absolute Gasteiger partial charge is 0.341 e. The summed E-state index contributed by atoms with van der Waals surface area (Å²) in [6.45, 7) is 3.22. The van der Waals surface area contributed by atoms with Crippen molar-refractivity contribution in [1.82, 2.24) is 15.5 Å². The summed E-state index contributed by atoms with van der Waals surface area (Å²) in [5.41, 5.74) is -0.968. The summed E-state index contributed by atoms with van der Waals surface area (Å²) in [5, 5.41) is 6.08. The van der Waals surface area contributed by atoms with Gasteiger partial charge in [0.1, 0.15) is 6.04 Å². The molecule has 0 saturated heterocycles. The fraction of sp³-hybridized carbons (Fsp3) is 0.308. The average Bonchev–Trinajstić information content (AvgIpc) is 2.84. The minimum Gasteiger partial charge on any atom is -0.341 e. The van der Waals surface area contributed by atoms with Crippen LogP contribution in [0.1, 0.15) is 40.6 Å². The van der Waals surface area contributed by atoms with Gasteiger partial charge in [-0.1, -0.05) is 11.2 Å². The summed E-state index contributed by atoms with van der Waals surface area (Å²) in [7, 11) is 0. The molecule has 1 N–H and O–H groups in total. The highest BCUT2D eigenvalue weighted by atomic mass is 19.4. The van der Waals surface area contributed by atoms with Gasteiger partial charge in [-0.2, -0.15) is 18.2 Å². The lowest BCUT2D eigenvalue weighted by atomic mass is 10.1. The molecule has 112 valence electrons. The number of rotatable bonds is 3. The molecule has 1 amide bonds. The molecule has 0 radical (unpaired) electrons. The lowest BCUT2D eigenvalue weighted by Crippen LogP contribution is -2.27. The van der Waals surface area contributed by atoms with Crippen LogP contribution in [0.15, 0.2) is 28.8 Å². The summed E-state index contributed by atoms with van der Waals surface area (Å²) in [6.07, 6.45) is -4.49. The van der Waals surface area contributed by atoms with Crippen molar-refractivity contribution in [2.45, 2.75) is 26.1 Å². The first-order valence-electron chi connectivity index (χ1n) is 6.05. The van der Waals surface area contributed by atoms with E-state index in [1.54, 1.807) is 13.8 Å².